The number of hydrogen-bond donors (Lipinski definition) is 2. The number of nitrogens with one attached hydrogen (secondary N) is 2. The minimum atomic E-state index is -0.406. The van der Waals surface area contributed by atoms with E-state index < -0.39 is 4.92 Å². The lowest BCUT2D eigenvalue weighted by Crippen LogP contribution is -2.60. The molecule has 1 fully saturated rings. The first-order valence-electron chi connectivity index (χ1n) is 8.78. The number of piperidine rings is 1. The zero-order valence-corrected chi connectivity index (χ0v) is 15.6. The number of aromatic nitrogens is 2. The molecule has 0 unspecified atom stereocenters. The van der Waals surface area contributed by atoms with Crippen LogP contribution >= 0.6 is 0 Å². The highest BCUT2D eigenvalue weighted by Gasteiger charge is 2.37. The number of nitro groups is 1. The van der Waals surface area contributed by atoms with Gasteiger partial charge in [-0.05, 0) is 52.7 Å². The second-order valence-corrected chi connectivity index (χ2v) is 8.18. The van der Waals surface area contributed by atoms with E-state index in [1.165, 1.54) is 6.07 Å². The number of benzene rings is 1. The Labute approximate surface area is 153 Å². The summed E-state index contributed by atoms with van der Waals surface area (Å²) in [7, 11) is 0. The van der Waals surface area contributed by atoms with Gasteiger partial charge in [-0.2, -0.15) is 0 Å². The molecular formula is C19H25N5O2. The summed E-state index contributed by atoms with van der Waals surface area (Å²) < 4.78 is 0. The summed E-state index contributed by atoms with van der Waals surface area (Å²) in [5.74, 6) is 1.04. The van der Waals surface area contributed by atoms with Crippen molar-refractivity contribution >= 4 is 11.5 Å². The molecule has 26 heavy (non-hydrogen) atoms. The Balaban J connectivity index is 1.86. The Morgan fingerprint density at radius 1 is 1.15 bits per heavy atom. The highest BCUT2D eigenvalue weighted by atomic mass is 16.6. The summed E-state index contributed by atoms with van der Waals surface area (Å²) in [4.78, 5) is 19.6. The molecule has 3 rings (SSSR count). The predicted octanol–water partition coefficient (Wildman–Crippen LogP) is 3.77. The second kappa shape index (κ2) is 6.64. The highest BCUT2D eigenvalue weighted by Crippen LogP contribution is 2.31. The molecule has 2 heterocycles. The number of rotatable bonds is 4. The maximum absolute atomic E-state index is 11.3. The molecule has 0 aliphatic carbocycles. The molecule has 1 saturated heterocycles. The molecule has 0 saturated carbocycles. The molecular weight excluding hydrogens is 330 g/mol. The van der Waals surface area contributed by atoms with Gasteiger partial charge in [0.15, 0.2) is 5.82 Å². The first-order chi connectivity index (χ1) is 12.2. The lowest BCUT2D eigenvalue weighted by Gasteiger charge is -2.46. The normalized spacial score (nSPS) is 19.1. The molecule has 1 aromatic heterocycles. The van der Waals surface area contributed by atoms with E-state index in [-0.39, 0.29) is 22.8 Å². The fraction of sp³-hybridized carbons (Fsp3) is 0.474. The molecule has 0 spiro atoms. The minimum absolute atomic E-state index is 0.00813. The molecule has 1 aliphatic rings. The van der Waals surface area contributed by atoms with E-state index in [2.05, 4.69) is 48.3 Å². The number of nitro benzene ring substituents is 1. The van der Waals surface area contributed by atoms with Gasteiger partial charge in [-0.25, -0.2) is 9.97 Å². The lowest BCUT2D eigenvalue weighted by atomic mass is 9.79. The van der Waals surface area contributed by atoms with Crippen LogP contribution in [-0.4, -0.2) is 32.0 Å². The van der Waals surface area contributed by atoms with Crippen LogP contribution in [0.4, 0.5) is 11.5 Å². The molecule has 7 heteroatoms. The third kappa shape index (κ3) is 4.16. The largest absolute Gasteiger partial charge is 0.367 e. The van der Waals surface area contributed by atoms with E-state index in [1.807, 2.05) is 0 Å². The standard InChI is InChI=1S/C19H25N5O2/c1-18(2)11-13(12-19(3,4)23-18)21-16-9-10-20-17(22-16)14-7-5-6-8-15(14)24(25)26/h5-10,13,23H,11-12H2,1-4H3,(H,20,21,22). The number of hydrogen-bond acceptors (Lipinski definition) is 6. The average Bonchev–Trinajstić information content (AvgIpc) is 2.52. The van der Waals surface area contributed by atoms with Gasteiger partial charge >= 0.3 is 0 Å². The molecule has 7 nitrogen and oxygen atoms in total. The van der Waals surface area contributed by atoms with E-state index in [0.29, 0.717) is 17.2 Å². The van der Waals surface area contributed by atoms with Crippen LogP contribution in [-0.2, 0) is 0 Å². The van der Waals surface area contributed by atoms with Crippen LogP contribution in [0.5, 0.6) is 0 Å². The topological polar surface area (TPSA) is 93.0 Å². The van der Waals surface area contributed by atoms with Gasteiger partial charge in [0.25, 0.3) is 5.69 Å². The molecule has 0 radical (unpaired) electrons. The first-order valence-corrected chi connectivity index (χ1v) is 8.78. The van der Waals surface area contributed by atoms with Gasteiger partial charge in [0.2, 0.25) is 0 Å². The molecule has 0 amide bonds. The summed E-state index contributed by atoms with van der Waals surface area (Å²) in [6.45, 7) is 8.78. The third-order valence-electron chi connectivity index (χ3n) is 4.54. The van der Waals surface area contributed by atoms with Crippen LogP contribution in [0.3, 0.4) is 0 Å². The quantitative estimate of drug-likeness (QED) is 0.640. The van der Waals surface area contributed by atoms with Gasteiger partial charge in [-0.15, -0.1) is 0 Å². The fourth-order valence-electron chi connectivity index (χ4n) is 4.02. The van der Waals surface area contributed by atoms with Gasteiger partial charge in [0.05, 0.1) is 10.5 Å². The Hall–Kier alpha value is -2.54. The molecule has 2 N–H and O–H groups in total. The van der Waals surface area contributed by atoms with E-state index >= 15 is 0 Å². The molecule has 2 aromatic rings. The van der Waals surface area contributed by atoms with Crippen LogP contribution in [0.1, 0.15) is 40.5 Å². The van der Waals surface area contributed by atoms with Gasteiger partial charge < -0.3 is 10.6 Å². The van der Waals surface area contributed by atoms with Crippen molar-refractivity contribution in [2.24, 2.45) is 0 Å². The van der Waals surface area contributed by atoms with Gasteiger partial charge in [0, 0.05) is 29.4 Å². The van der Waals surface area contributed by atoms with E-state index in [0.717, 1.165) is 12.8 Å². The lowest BCUT2D eigenvalue weighted by molar-refractivity contribution is -0.384. The predicted molar refractivity (Wildman–Crippen MR) is 102 cm³/mol. The first kappa shape index (κ1) is 18.3. The van der Waals surface area contributed by atoms with E-state index in [1.54, 1.807) is 30.5 Å². The van der Waals surface area contributed by atoms with Gasteiger partial charge in [-0.3, -0.25) is 10.1 Å². The minimum Gasteiger partial charge on any atom is -0.367 e. The zero-order chi connectivity index (χ0) is 18.9. The highest BCUT2D eigenvalue weighted by molar-refractivity contribution is 5.68. The second-order valence-electron chi connectivity index (χ2n) is 8.18. The number of anilines is 1. The van der Waals surface area contributed by atoms with Crippen molar-refractivity contribution in [3.63, 3.8) is 0 Å². The monoisotopic (exact) mass is 355 g/mol. The van der Waals surface area contributed by atoms with Crippen molar-refractivity contribution in [3.05, 3.63) is 46.6 Å². The maximum atomic E-state index is 11.3. The van der Waals surface area contributed by atoms with Crippen LogP contribution in [0.2, 0.25) is 0 Å². The molecule has 138 valence electrons. The molecule has 1 aromatic carbocycles. The van der Waals surface area contributed by atoms with Crippen molar-refractivity contribution in [2.75, 3.05) is 5.32 Å². The van der Waals surface area contributed by atoms with Crippen LogP contribution in [0.25, 0.3) is 11.4 Å². The van der Waals surface area contributed by atoms with E-state index in [9.17, 15) is 10.1 Å². The number of para-hydroxylation sites is 1. The SMILES string of the molecule is CC1(C)CC(Nc2ccnc(-c3ccccc3[N+](=O)[O-])n2)CC(C)(C)N1. The molecule has 0 atom stereocenters. The Morgan fingerprint density at radius 3 is 2.46 bits per heavy atom. The zero-order valence-electron chi connectivity index (χ0n) is 15.6. The van der Waals surface area contributed by atoms with Gasteiger partial charge in [-0.1, -0.05) is 12.1 Å². The summed E-state index contributed by atoms with van der Waals surface area (Å²) in [5.41, 5.74) is 0.474. The third-order valence-corrected chi connectivity index (χ3v) is 4.54. The van der Waals surface area contributed by atoms with Crippen LogP contribution in [0, 0.1) is 10.1 Å². The Kier molecular flexibility index (Phi) is 4.66. The molecule has 1 aliphatic heterocycles. The van der Waals surface area contributed by atoms with Gasteiger partial charge in [0.1, 0.15) is 5.82 Å². The summed E-state index contributed by atoms with van der Waals surface area (Å²) in [6, 6.07) is 8.60. The molecule has 0 bridgehead atoms. The van der Waals surface area contributed by atoms with Crippen LogP contribution < -0.4 is 10.6 Å². The smallest absolute Gasteiger partial charge is 0.280 e. The van der Waals surface area contributed by atoms with Crippen LogP contribution in [0.15, 0.2) is 36.5 Å². The van der Waals surface area contributed by atoms with Crippen molar-refractivity contribution in [1.82, 2.24) is 15.3 Å². The van der Waals surface area contributed by atoms with E-state index in [4.69, 9.17) is 0 Å². The maximum Gasteiger partial charge on any atom is 0.280 e. The Bertz CT molecular complexity index is 803. The Morgan fingerprint density at radius 2 is 1.81 bits per heavy atom. The summed E-state index contributed by atoms with van der Waals surface area (Å²) >= 11 is 0. The summed E-state index contributed by atoms with van der Waals surface area (Å²) in [5, 5.41) is 18.4. The average molecular weight is 355 g/mol. The van der Waals surface area contributed by atoms with Crippen molar-refractivity contribution in [3.8, 4) is 11.4 Å². The van der Waals surface area contributed by atoms with Crippen molar-refractivity contribution < 1.29 is 4.92 Å². The summed E-state index contributed by atoms with van der Waals surface area (Å²) in [6.07, 6.45) is 3.56. The van der Waals surface area contributed by atoms with Crippen molar-refractivity contribution in [2.45, 2.75) is 57.7 Å². The number of nitrogens with zero attached hydrogens (tertiary/aromatic N) is 3. The van der Waals surface area contributed by atoms with Crippen molar-refractivity contribution in [1.29, 1.82) is 0 Å². The fourth-order valence-corrected chi connectivity index (χ4v) is 4.02.